The van der Waals surface area contributed by atoms with Crippen LogP contribution in [0.3, 0.4) is 0 Å². The monoisotopic (exact) mass is 275 g/mol. The van der Waals surface area contributed by atoms with E-state index in [0.29, 0.717) is 19.5 Å². The second-order valence-electron chi connectivity index (χ2n) is 5.50. The third kappa shape index (κ3) is 2.94. The molecule has 2 heterocycles. The van der Waals surface area contributed by atoms with E-state index in [9.17, 15) is 4.79 Å². The van der Waals surface area contributed by atoms with Crippen LogP contribution in [0.25, 0.3) is 0 Å². The van der Waals surface area contributed by atoms with Gasteiger partial charge in [0.05, 0.1) is 13.2 Å². The first-order chi connectivity index (χ1) is 9.72. The normalized spacial score (nSPS) is 23.4. The van der Waals surface area contributed by atoms with Gasteiger partial charge in [0.25, 0.3) is 0 Å². The highest BCUT2D eigenvalue weighted by molar-refractivity contribution is 5.79. The first-order valence-electron chi connectivity index (χ1n) is 7.17. The summed E-state index contributed by atoms with van der Waals surface area (Å²) in [6.45, 7) is 4.81. The van der Waals surface area contributed by atoms with Crippen molar-refractivity contribution in [2.45, 2.75) is 19.0 Å². The molecule has 0 aromatic heterocycles. The van der Waals surface area contributed by atoms with Gasteiger partial charge in [0.2, 0.25) is 5.91 Å². The number of ether oxygens (including phenoxy) is 1. The number of morpholine rings is 1. The predicted molar refractivity (Wildman–Crippen MR) is 77.5 cm³/mol. The topological polar surface area (TPSA) is 58.8 Å². The van der Waals surface area contributed by atoms with Gasteiger partial charge >= 0.3 is 0 Å². The van der Waals surface area contributed by atoms with E-state index in [-0.39, 0.29) is 11.9 Å². The Labute approximate surface area is 119 Å². The van der Waals surface area contributed by atoms with Crippen LogP contribution in [-0.2, 0) is 16.1 Å². The summed E-state index contributed by atoms with van der Waals surface area (Å²) in [6.07, 6.45) is 0.478. The second-order valence-corrected chi connectivity index (χ2v) is 5.50. The molecule has 1 aromatic carbocycles. The Kier molecular flexibility index (Phi) is 3.89. The van der Waals surface area contributed by atoms with E-state index >= 15 is 0 Å². The van der Waals surface area contributed by atoms with Crippen LogP contribution in [-0.4, -0.2) is 49.7 Å². The fourth-order valence-corrected chi connectivity index (χ4v) is 2.81. The number of hydrogen-bond acceptors (Lipinski definition) is 4. The zero-order valence-corrected chi connectivity index (χ0v) is 11.6. The summed E-state index contributed by atoms with van der Waals surface area (Å²) in [5.41, 5.74) is 8.19. The van der Waals surface area contributed by atoms with Crippen molar-refractivity contribution >= 4 is 11.6 Å². The summed E-state index contributed by atoms with van der Waals surface area (Å²) in [5, 5.41) is 0. The Balaban J connectivity index is 1.62. The highest BCUT2D eigenvalue weighted by atomic mass is 16.5. The summed E-state index contributed by atoms with van der Waals surface area (Å²) < 4.78 is 5.36. The maximum atomic E-state index is 11.7. The van der Waals surface area contributed by atoms with Crippen molar-refractivity contribution in [3.05, 3.63) is 29.8 Å². The molecule has 1 unspecified atom stereocenters. The summed E-state index contributed by atoms with van der Waals surface area (Å²) in [7, 11) is 0. The lowest BCUT2D eigenvalue weighted by Crippen LogP contribution is -2.36. The lowest BCUT2D eigenvalue weighted by Gasteiger charge is -2.29. The molecule has 1 aromatic rings. The molecule has 0 radical (unpaired) electrons. The van der Waals surface area contributed by atoms with Crippen molar-refractivity contribution in [2.75, 3.05) is 37.7 Å². The number of carbonyl (C=O) groups excluding carboxylic acids is 1. The lowest BCUT2D eigenvalue weighted by molar-refractivity contribution is -0.128. The van der Waals surface area contributed by atoms with Crippen molar-refractivity contribution in [2.24, 2.45) is 5.73 Å². The molecule has 20 heavy (non-hydrogen) atoms. The number of rotatable bonds is 3. The third-order valence-electron chi connectivity index (χ3n) is 3.93. The van der Waals surface area contributed by atoms with Crippen molar-refractivity contribution in [3.63, 3.8) is 0 Å². The molecule has 5 heteroatoms. The van der Waals surface area contributed by atoms with Gasteiger partial charge in [0.15, 0.2) is 0 Å². The summed E-state index contributed by atoms with van der Waals surface area (Å²) in [6, 6.07) is 8.45. The number of nitrogens with two attached hydrogens (primary N) is 1. The Morgan fingerprint density at radius 3 is 2.50 bits per heavy atom. The van der Waals surface area contributed by atoms with E-state index in [1.165, 1.54) is 5.69 Å². The van der Waals surface area contributed by atoms with Gasteiger partial charge in [-0.25, -0.2) is 0 Å². The molecule has 5 nitrogen and oxygen atoms in total. The number of hydrogen-bond donors (Lipinski definition) is 1. The Morgan fingerprint density at radius 2 is 1.90 bits per heavy atom. The fraction of sp³-hybridized carbons (Fsp3) is 0.533. The molecule has 108 valence electrons. The van der Waals surface area contributed by atoms with Crippen LogP contribution in [0.2, 0.25) is 0 Å². The Hall–Kier alpha value is -1.59. The second kappa shape index (κ2) is 5.81. The van der Waals surface area contributed by atoms with Gasteiger partial charge in [-0.3, -0.25) is 4.79 Å². The number of amides is 1. The minimum Gasteiger partial charge on any atom is -0.378 e. The molecule has 0 spiro atoms. The van der Waals surface area contributed by atoms with Crippen LogP contribution in [0.15, 0.2) is 24.3 Å². The Bertz CT molecular complexity index is 469. The molecular weight excluding hydrogens is 254 g/mol. The zero-order chi connectivity index (χ0) is 13.9. The minimum atomic E-state index is -0.00452. The summed E-state index contributed by atoms with van der Waals surface area (Å²) in [4.78, 5) is 15.9. The lowest BCUT2D eigenvalue weighted by atomic mass is 10.2. The van der Waals surface area contributed by atoms with Gasteiger partial charge in [0.1, 0.15) is 0 Å². The molecule has 2 fully saturated rings. The SMILES string of the molecule is NC1CC(=O)N(Cc2ccc(N3CCOCC3)cc2)C1. The molecule has 1 atom stereocenters. The molecule has 2 aliphatic heterocycles. The maximum absolute atomic E-state index is 11.7. The van der Waals surface area contributed by atoms with E-state index < -0.39 is 0 Å². The average molecular weight is 275 g/mol. The number of anilines is 1. The van der Waals surface area contributed by atoms with Crippen molar-refractivity contribution in [1.29, 1.82) is 0 Å². The summed E-state index contributed by atoms with van der Waals surface area (Å²) in [5.74, 6) is 0.162. The van der Waals surface area contributed by atoms with E-state index in [2.05, 4.69) is 29.2 Å². The van der Waals surface area contributed by atoms with Gasteiger partial charge in [0, 0.05) is 44.3 Å². The van der Waals surface area contributed by atoms with Crippen LogP contribution >= 0.6 is 0 Å². The highest BCUT2D eigenvalue weighted by Gasteiger charge is 2.26. The van der Waals surface area contributed by atoms with E-state index in [0.717, 1.165) is 31.9 Å². The van der Waals surface area contributed by atoms with E-state index in [4.69, 9.17) is 10.5 Å². The molecule has 0 aliphatic carbocycles. The third-order valence-corrected chi connectivity index (χ3v) is 3.93. The maximum Gasteiger partial charge on any atom is 0.224 e. The first-order valence-corrected chi connectivity index (χ1v) is 7.17. The van der Waals surface area contributed by atoms with Crippen molar-refractivity contribution in [3.8, 4) is 0 Å². The Morgan fingerprint density at radius 1 is 1.20 bits per heavy atom. The van der Waals surface area contributed by atoms with Gasteiger partial charge in [-0.1, -0.05) is 12.1 Å². The van der Waals surface area contributed by atoms with Gasteiger partial charge in [-0.15, -0.1) is 0 Å². The number of carbonyl (C=O) groups is 1. The number of benzene rings is 1. The van der Waals surface area contributed by atoms with E-state index in [1.807, 2.05) is 4.90 Å². The van der Waals surface area contributed by atoms with Gasteiger partial charge in [-0.2, -0.15) is 0 Å². The standard InChI is InChI=1S/C15H21N3O2/c16-13-9-15(19)18(11-13)10-12-1-3-14(4-2-12)17-5-7-20-8-6-17/h1-4,13H,5-11,16H2. The molecule has 2 saturated heterocycles. The highest BCUT2D eigenvalue weighted by Crippen LogP contribution is 2.19. The molecule has 2 aliphatic rings. The van der Waals surface area contributed by atoms with Crippen LogP contribution in [0.1, 0.15) is 12.0 Å². The molecular formula is C15H21N3O2. The zero-order valence-electron chi connectivity index (χ0n) is 11.6. The molecule has 1 amide bonds. The van der Waals surface area contributed by atoms with Gasteiger partial charge in [-0.05, 0) is 17.7 Å². The van der Waals surface area contributed by atoms with Crippen LogP contribution in [0.5, 0.6) is 0 Å². The van der Waals surface area contributed by atoms with Crippen LogP contribution in [0, 0.1) is 0 Å². The molecule has 3 rings (SSSR count). The van der Waals surface area contributed by atoms with Crippen molar-refractivity contribution in [1.82, 2.24) is 4.90 Å². The quantitative estimate of drug-likeness (QED) is 0.877. The van der Waals surface area contributed by atoms with Crippen LogP contribution in [0.4, 0.5) is 5.69 Å². The predicted octanol–water partition coefficient (Wildman–Crippen LogP) is 0.583. The minimum absolute atomic E-state index is 0.00452. The van der Waals surface area contributed by atoms with Gasteiger partial charge < -0.3 is 20.3 Å². The van der Waals surface area contributed by atoms with Crippen LogP contribution < -0.4 is 10.6 Å². The first kappa shape index (κ1) is 13.4. The average Bonchev–Trinajstić information content (AvgIpc) is 2.79. The number of nitrogens with zero attached hydrogens (tertiary/aromatic N) is 2. The molecule has 2 N–H and O–H groups in total. The molecule has 0 saturated carbocycles. The largest absolute Gasteiger partial charge is 0.378 e. The van der Waals surface area contributed by atoms with Crippen molar-refractivity contribution < 1.29 is 9.53 Å². The summed E-state index contributed by atoms with van der Waals surface area (Å²) >= 11 is 0. The number of likely N-dealkylation sites (tertiary alicyclic amines) is 1. The molecule has 0 bridgehead atoms. The van der Waals surface area contributed by atoms with E-state index in [1.54, 1.807) is 0 Å². The smallest absolute Gasteiger partial charge is 0.224 e. The fourth-order valence-electron chi connectivity index (χ4n) is 2.81.